The highest BCUT2D eigenvalue weighted by atomic mass is 14.5. The Kier molecular flexibility index (Phi) is 4.01. The van der Waals surface area contributed by atoms with E-state index in [1.807, 2.05) is 0 Å². The molecule has 0 unspecified atom stereocenters. The number of benzene rings is 4. The maximum Gasteiger partial charge on any atom is 0.0221 e. The van der Waals surface area contributed by atoms with Crippen LogP contribution in [0.4, 0.5) is 0 Å². The Morgan fingerprint density at radius 3 is 1.72 bits per heavy atom. The maximum atomic E-state index is 2.44. The van der Waals surface area contributed by atoms with E-state index in [4.69, 9.17) is 0 Å². The maximum absolute atomic E-state index is 2.44. The van der Waals surface area contributed by atoms with Gasteiger partial charge in [-0.2, -0.15) is 0 Å². The van der Waals surface area contributed by atoms with Crippen LogP contribution in [0, 0.1) is 0 Å². The monoisotopic (exact) mass is 376 g/mol. The molecule has 2 aliphatic rings. The summed E-state index contributed by atoms with van der Waals surface area (Å²) in [7, 11) is 0. The molecule has 0 radical (unpaired) electrons. The van der Waals surface area contributed by atoms with Gasteiger partial charge in [-0.25, -0.2) is 0 Å². The van der Waals surface area contributed by atoms with Crippen LogP contribution in [-0.4, -0.2) is 0 Å². The molecule has 0 aromatic heterocycles. The Morgan fingerprint density at radius 2 is 1.00 bits per heavy atom. The third-order valence-corrected chi connectivity index (χ3v) is 7.58. The van der Waals surface area contributed by atoms with Crippen molar-refractivity contribution in [3.8, 4) is 11.1 Å². The first-order chi connectivity index (χ1) is 14.4. The Balaban J connectivity index is 1.78. The van der Waals surface area contributed by atoms with Crippen molar-refractivity contribution in [2.24, 2.45) is 0 Å². The summed E-state index contributed by atoms with van der Waals surface area (Å²) in [6.07, 6.45) is 10.8. The molecule has 0 nitrogen and oxygen atoms in total. The number of rotatable bonds is 0. The third kappa shape index (κ3) is 2.45. The van der Waals surface area contributed by atoms with E-state index in [0.29, 0.717) is 0 Å². The summed E-state index contributed by atoms with van der Waals surface area (Å²) < 4.78 is 0. The Bertz CT molecular complexity index is 1200. The van der Waals surface area contributed by atoms with Gasteiger partial charge in [-0.05, 0) is 56.6 Å². The molecule has 0 heteroatoms. The molecule has 0 heterocycles. The molecule has 6 rings (SSSR count). The standard InChI is InChI=1S/C29H28/c1-2-4-12-20-29(19-11-3-1)26-18-10-9-17-25(26)27-23-15-7-5-13-21(23)22-14-6-8-16-24(22)28(27)29/h5-10,13-18H,1-4,11-12,19-20H2. The van der Waals surface area contributed by atoms with Crippen molar-refractivity contribution >= 4 is 21.5 Å². The van der Waals surface area contributed by atoms with E-state index in [1.54, 1.807) is 11.1 Å². The van der Waals surface area contributed by atoms with E-state index in [9.17, 15) is 0 Å². The highest BCUT2D eigenvalue weighted by Crippen LogP contribution is 2.58. The minimum absolute atomic E-state index is 0.180. The van der Waals surface area contributed by atoms with Gasteiger partial charge in [-0.15, -0.1) is 0 Å². The lowest BCUT2D eigenvalue weighted by Crippen LogP contribution is -2.25. The van der Waals surface area contributed by atoms with E-state index in [1.165, 1.54) is 84.0 Å². The van der Waals surface area contributed by atoms with Crippen molar-refractivity contribution in [3.63, 3.8) is 0 Å². The van der Waals surface area contributed by atoms with Gasteiger partial charge in [-0.1, -0.05) is 111 Å². The van der Waals surface area contributed by atoms with Gasteiger partial charge in [-0.3, -0.25) is 0 Å². The summed E-state index contributed by atoms with van der Waals surface area (Å²) in [5.41, 5.74) is 6.42. The van der Waals surface area contributed by atoms with Gasteiger partial charge in [0.05, 0.1) is 0 Å². The zero-order chi connectivity index (χ0) is 19.3. The van der Waals surface area contributed by atoms with Crippen molar-refractivity contribution in [3.05, 3.63) is 83.9 Å². The van der Waals surface area contributed by atoms with Crippen LogP contribution in [0.25, 0.3) is 32.7 Å². The van der Waals surface area contributed by atoms with Gasteiger partial charge in [0.1, 0.15) is 0 Å². The molecule has 4 aromatic rings. The minimum Gasteiger partial charge on any atom is -0.0619 e. The number of hydrogen-bond donors (Lipinski definition) is 0. The topological polar surface area (TPSA) is 0 Å². The fourth-order valence-corrected chi connectivity index (χ4v) is 6.38. The molecular formula is C29H28. The molecule has 0 amide bonds. The van der Waals surface area contributed by atoms with Gasteiger partial charge < -0.3 is 0 Å². The second-order valence-corrected chi connectivity index (χ2v) is 9.09. The van der Waals surface area contributed by atoms with Crippen LogP contribution in [0.2, 0.25) is 0 Å². The molecule has 2 aliphatic carbocycles. The molecule has 0 atom stereocenters. The lowest BCUT2D eigenvalue weighted by atomic mass is 9.69. The fraction of sp³-hybridized carbons (Fsp3) is 0.310. The molecule has 0 N–H and O–H groups in total. The average Bonchev–Trinajstić information content (AvgIpc) is 3.13. The lowest BCUT2D eigenvalue weighted by molar-refractivity contribution is 0.426. The summed E-state index contributed by atoms with van der Waals surface area (Å²) in [5.74, 6) is 0. The smallest absolute Gasteiger partial charge is 0.0221 e. The summed E-state index contributed by atoms with van der Waals surface area (Å²) in [4.78, 5) is 0. The van der Waals surface area contributed by atoms with Crippen molar-refractivity contribution in [2.75, 3.05) is 0 Å². The van der Waals surface area contributed by atoms with Crippen molar-refractivity contribution in [1.82, 2.24) is 0 Å². The van der Waals surface area contributed by atoms with Gasteiger partial charge in [0, 0.05) is 5.41 Å². The zero-order valence-corrected chi connectivity index (χ0v) is 17.1. The minimum atomic E-state index is 0.180. The highest BCUT2D eigenvalue weighted by Gasteiger charge is 2.44. The SMILES string of the molecule is c1ccc2c(c1)-c1c(c3ccccc3c3ccccc13)C21CCCCCCCC1. The summed E-state index contributed by atoms with van der Waals surface area (Å²) >= 11 is 0. The average molecular weight is 377 g/mol. The van der Waals surface area contributed by atoms with Crippen molar-refractivity contribution in [1.29, 1.82) is 0 Å². The largest absolute Gasteiger partial charge is 0.0619 e. The number of fused-ring (bicyclic) bond motifs is 10. The predicted octanol–water partition coefficient (Wildman–Crippen LogP) is 8.39. The van der Waals surface area contributed by atoms with Gasteiger partial charge in [0.25, 0.3) is 0 Å². The molecule has 1 spiro atoms. The third-order valence-electron chi connectivity index (χ3n) is 7.58. The lowest BCUT2D eigenvalue weighted by Gasteiger charge is -2.33. The molecule has 0 aliphatic heterocycles. The van der Waals surface area contributed by atoms with Crippen LogP contribution in [0.5, 0.6) is 0 Å². The Hall–Kier alpha value is -2.60. The van der Waals surface area contributed by atoms with E-state index in [2.05, 4.69) is 72.8 Å². The van der Waals surface area contributed by atoms with Crippen LogP contribution >= 0.6 is 0 Å². The molecule has 0 saturated heterocycles. The first-order valence-electron chi connectivity index (χ1n) is 11.4. The van der Waals surface area contributed by atoms with E-state index < -0.39 is 0 Å². The molecule has 4 aromatic carbocycles. The van der Waals surface area contributed by atoms with Crippen molar-refractivity contribution < 1.29 is 0 Å². The summed E-state index contributed by atoms with van der Waals surface area (Å²) in [6.45, 7) is 0. The predicted molar refractivity (Wildman–Crippen MR) is 125 cm³/mol. The summed E-state index contributed by atoms with van der Waals surface area (Å²) in [6, 6.07) is 27.6. The van der Waals surface area contributed by atoms with Crippen LogP contribution in [0.1, 0.15) is 62.5 Å². The fourth-order valence-electron chi connectivity index (χ4n) is 6.38. The van der Waals surface area contributed by atoms with Gasteiger partial charge >= 0.3 is 0 Å². The van der Waals surface area contributed by atoms with E-state index in [-0.39, 0.29) is 5.41 Å². The van der Waals surface area contributed by atoms with Crippen LogP contribution < -0.4 is 0 Å². The van der Waals surface area contributed by atoms with Crippen LogP contribution in [0.3, 0.4) is 0 Å². The molecule has 1 fully saturated rings. The van der Waals surface area contributed by atoms with E-state index >= 15 is 0 Å². The van der Waals surface area contributed by atoms with Gasteiger partial charge in [0.2, 0.25) is 0 Å². The molecule has 1 saturated carbocycles. The molecule has 29 heavy (non-hydrogen) atoms. The normalized spacial score (nSPS) is 18.2. The van der Waals surface area contributed by atoms with Gasteiger partial charge in [0.15, 0.2) is 0 Å². The van der Waals surface area contributed by atoms with Crippen LogP contribution in [0.15, 0.2) is 72.8 Å². The van der Waals surface area contributed by atoms with Crippen molar-refractivity contribution in [2.45, 2.75) is 56.8 Å². The Morgan fingerprint density at radius 1 is 0.483 bits per heavy atom. The molecule has 144 valence electrons. The number of hydrogen-bond acceptors (Lipinski definition) is 0. The Labute approximate surface area is 173 Å². The molecular weight excluding hydrogens is 348 g/mol. The molecule has 0 bridgehead atoms. The summed E-state index contributed by atoms with van der Waals surface area (Å²) in [5, 5.41) is 5.74. The quantitative estimate of drug-likeness (QED) is 0.270. The second kappa shape index (κ2) is 6.73. The first-order valence-corrected chi connectivity index (χ1v) is 11.4. The second-order valence-electron chi connectivity index (χ2n) is 9.09. The zero-order valence-electron chi connectivity index (χ0n) is 17.1. The first kappa shape index (κ1) is 17.3. The van der Waals surface area contributed by atoms with E-state index in [0.717, 1.165) is 0 Å². The van der Waals surface area contributed by atoms with Crippen LogP contribution in [-0.2, 0) is 5.41 Å². The highest BCUT2D eigenvalue weighted by molar-refractivity contribution is 6.18.